The number of nitrogens with one attached hydrogen (secondary N) is 1. The molecule has 1 saturated heterocycles. The zero-order chi connectivity index (χ0) is 19.0. The molecule has 1 atom stereocenters. The second-order valence-electron chi connectivity index (χ2n) is 7.89. The van der Waals surface area contributed by atoms with E-state index < -0.39 is 6.10 Å². The van der Waals surface area contributed by atoms with Crippen molar-refractivity contribution in [3.8, 4) is 5.75 Å². The quantitative estimate of drug-likeness (QED) is 0.723. The van der Waals surface area contributed by atoms with Crippen LogP contribution < -0.4 is 10.1 Å². The molecule has 1 N–H and O–H groups in total. The van der Waals surface area contributed by atoms with E-state index >= 15 is 0 Å². The maximum absolute atomic E-state index is 12.4. The van der Waals surface area contributed by atoms with Crippen molar-refractivity contribution in [3.63, 3.8) is 0 Å². The molecule has 5 heteroatoms. The molecular formula is C21H34N2O3. The second kappa shape index (κ2) is 9.93. The first-order valence-corrected chi connectivity index (χ1v) is 9.75. The van der Waals surface area contributed by atoms with Crippen molar-refractivity contribution in [2.24, 2.45) is 0 Å². The summed E-state index contributed by atoms with van der Waals surface area (Å²) < 4.78 is 11.2. The van der Waals surface area contributed by atoms with Crippen molar-refractivity contribution in [1.82, 2.24) is 10.2 Å². The van der Waals surface area contributed by atoms with Crippen LogP contribution in [-0.4, -0.2) is 56.3 Å². The topological polar surface area (TPSA) is 50.8 Å². The molecule has 0 spiro atoms. The van der Waals surface area contributed by atoms with Crippen molar-refractivity contribution in [2.45, 2.75) is 52.1 Å². The van der Waals surface area contributed by atoms with Gasteiger partial charge in [0.1, 0.15) is 5.75 Å². The Labute approximate surface area is 158 Å². The lowest BCUT2D eigenvalue weighted by Crippen LogP contribution is -2.41. The average molecular weight is 363 g/mol. The van der Waals surface area contributed by atoms with Crippen LogP contribution in [0.2, 0.25) is 0 Å². The van der Waals surface area contributed by atoms with Crippen LogP contribution >= 0.6 is 0 Å². The molecule has 1 fully saturated rings. The monoisotopic (exact) mass is 362 g/mol. The summed E-state index contributed by atoms with van der Waals surface area (Å²) in [6, 6.07) is 8.05. The Morgan fingerprint density at radius 3 is 2.46 bits per heavy atom. The van der Waals surface area contributed by atoms with E-state index in [0.717, 1.165) is 45.0 Å². The third-order valence-electron chi connectivity index (χ3n) is 4.72. The van der Waals surface area contributed by atoms with Crippen LogP contribution in [0, 0.1) is 0 Å². The molecule has 1 aromatic carbocycles. The largest absolute Gasteiger partial charge is 0.481 e. The number of carbonyl (C=O) groups is 1. The minimum absolute atomic E-state index is 0.0330. The molecule has 1 aliphatic heterocycles. The average Bonchev–Trinajstić information content (AvgIpc) is 2.63. The fourth-order valence-electron chi connectivity index (χ4n) is 2.97. The van der Waals surface area contributed by atoms with Crippen molar-refractivity contribution in [3.05, 3.63) is 29.8 Å². The van der Waals surface area contributed by atoms with Gasteiger partial charge in [-0.1, -0.05) is 39.8 Å². The predicted octanol–water partition coefficient (Wildman–Crippen LogP) is 2.98. The van der Waals surface area contributed by atoms with Crippen LogP contribution in [-0.2, 0) is 14.9 Å². The van der Waals surface area contributed by atoms with E-state index in [4.69, 9.17) is 9.47 Å². The maximum atomic E-state index is 12.4. The fourth-order valence-corrected chi connectivity index (χ4v) is 2.97. The maximum Gasteiger partial charge on any atom is 0.261 e. The third-order valence-corrected chi connectivity index (χ3v) is 4.72. The number of hydrogen-bond acceptors (Lipinski definition) is 4. The van der Waals surface area contributed by atoms with E-state index in [0.29, 0.717) is 13.0 Å². The summed E-state index contributed by atoms with van der Waals surface area (Å²) >= 11 is 0. The van der Waals surface area contributed by atoms with Gasteiger partial charge in [-0.25, -0.2) is 0 Å². The summed E-state index contributed by atoms with van der Waals surface area (Å²) in [6.07, 6.45) is 1.15. The van der Waals surface area contributed by atoms with Gasteiger partial charge in [-0.3, -0.25) is 9.69 Å². The van der Waals surface area contributed by atoms with Gasteiger partial charge in [0.15, 0.2) is 6.10 Å². The Kier molecular flexibility index (Phi) is 7.91. The normalized spacial score (nSPS) is 16.9. The van der Waals surface area contributed by atoms with Gasteiger partial charge < -0.3 is 14.8 Å². The van der Waals surface area contributed by atoms with E-state index in [-0.39, 0.29) is 11.3 Å². The Bertz CT molecular complexity index is 545. The van der Waals surface area contributed by atoms with Gasteiger partial charge in [0.25, 0.3) is 5.91 Å². The van der Waals surface area contributed by atoms with Gasteiger partial charge in [0.2, 0.25) is 0 Å². The molecule has 146 valence electrons. The molecule has 1 amide bonds. The number of rotatable bonds is 8. The Morgan fingerprint density at radius 2 is 1.88 bits per heavy atom. The van der Waals surface area contributed by atoms with E-state index in [9.17, 15) is 4.79 Å². The van der Waals surface area contributed by atoms with Crippen LogP contribution in [0.15, 0.2) is 24.3 Å². The lowest BCUT2D eigenvalue weighted by atomic mass is 9.87. The highest BCUT2D eigenvalue weighted by atomic mass is 16.5. The molecule has 0 saturated carbocycles. The molecule has 0 unspecified atom stereocenters. The lowest BCUT2D eigenvalue weighted by Gasteiger charge is -2.26. The Morgan fingerprint density at radius 1 is 1.23 bits per heavy atom. The first-order chi connectivity index (χ1) is 12.4. The molecule has 1 aliphatic rings. The van der Waals surface area contributed by atoms with Gasteiger partial charge in [0.05, 0.1) is 13.2 Å². The van der Waals surface area contributed by atoms with Crippen LogP contribution in [0.1, 0.15) is 46.1 Å². The van der Waals surface area contributed by atoms with Crippen LogP contribution in [0.3, 0.4) is 0 Å². The summed E-state index contributed by atoms with van der Waals surface area (Å²) in [6.45, 7) is 13.8. The summed E-state index contributed by atoms with van der Waals surface area (Å²) in [5, 5.41) is 3.01. The van der Waals surface area contributed by atoms with Crippen molar-refractivity contribution >= 4 is 5.91 Å². The third kappa shape index (κ3) is 6.61. The zero-order valence-electron chi connectivity index (χ0n) is 16.7. The number of hydrogen-bond donors (Lipinski definition) is 1. The van der Waals surface area contributed by atoms with Gasteiger partial charge in [-0.05, 0) is 42.5 Å². The van der Waals surface area contributed by atoms with E-state index in [1.54, 1.807) is 0 Å². The number of nitrogens with zero attached hydrogens (tertiary/aromatic N) is 1. The number of morpholine rings is 1. The molecular weight excluding hydrogens is 328 g/mol. The highest BCUT2D eigenvalue weighted by Gasteiger charge is 2.19. The van der Waals surface area contributed by atoms with Gasteiger partial charge in [-0.2, -0.15) is 0 Å². The van der Waals surface area contributed by atoms with E-state index in [2.05, 4.69) is 43.1 Å². The summed E-state index contributed by atoms with van der Waals surface area (Å²) in [7, 11) is 0. The summed E-state index contributed by atoms with van der Waals surface area (Å²) in [5.41, 5.74) is 1.37. The molecule has 5 nitrogen and oxygen atoms in total. The van der Waals surface area contributed by atoms with Crippen LogP contribution in [0.4, 0.5) is 0 Å². The number of carbonyl (C=O) groups excluding carboxylic acids is 1. The molecule has 1 heterocycles. The Hall–Kier alpha value is -1.59. The lowest BCUT2D eigenvalue weighted by molar-refractivity contribution is -0.128. The van der Waals surface area contributed by atoms with Gasteiger partial charge in [-0.15, -0.1) is 0 Å². The van der Waals surface area contributed by atoms with Gasteiger partial charge >= 0.3 is 0 Å². The molecule has 26 heavy (non-hydrogen) atoms. The highest BCUT2D eigenvalue weighted by Crippen LogP contribution is 2.24. The number of ether oxygens (including phenoxy) is 2. The van der Waals surface area contributed by atoms with E-state index in [1.807, 2.05) is 19.1 Å². The van der Waals surface area contributed by atoms with Crippen molar-refractivity contribution < 1.29 is 14.3 Å². The Balaban J connectivity index is 1.75. The number of benzene rings is 1. The minimum Gasteiger partial charge on any atom is -0.481 e. The van der Waals surface area contributed by atoms with Crippen molar-refractivity contribution in [1.29, 1.82) is 0 Å². The summed E-state index contributed by atoms with van der Waals surface area (Å²) in [4.78, 5) is 14.8. The van der Waals surface area contributed by atoms with E-state index in [1.165, 1.54) is 5.56 Å². The molecule has 0 aliphatic carbocycles. The molecule has 2 rings (SSSR count). The van der Waals surface area contributed by atoms with Crippen LogP contribution in [0.5, 0.6) is 5.75 Å². The summed E-state index contributed by atoms with van der Waals surface area (Å²) in [5.74, 6) is 0.711. The van der Waals surface area contributed by atoms with Gasteiger partial charge in [0, 0.05) is 19.6 Å². The fraction of sp³-hybridized carbons (Fsp3) is 0.667. The standard InChI is InChI=1S/C21H34N2O3/c1-5-19(26-18-9-7-17(8-10-18)21(2,3)4)20(24)22-11-6-12-23-13-15-25-16-14-23/h7-10,19H,5-6,11-16H2,1-4H3,(H,22,24)/t19-/m0/s1. The predicted molar refractivity (Wildman–Crippen MR) is 105 cm³/mol. The first-order valence-electron chi connectivity index (χ1n) is 9.75. The SMILES string of the molecule is CC[C@H](Oc1ccc(C(C)(C)C)cc1)C(=O)NCCCN1CCOCC1. The molecule has 0 radical (unpaired) electrons. The second-order valence-corrected chi connectivity index (χ2v) is 7.89. The minimum atomic E-state index is -0.445. The number of amides is 1. The zero-order valence-corrected chi connectivity index (χ0v) is 16.7. The van der Waals surface area contributed by atoms with Crippen molar-refractivity contribution in [2.75, 3.05) is 39.4 Å². The first kappa shape index (κ1) is 20.7. The molecule has 0 bridgehead atoms. The highest BCUT2D eigenvalue weighted by molar-refractivity contribution is 5.81. The molecule has 1 aromatic rings. The van der Waals surface area contributed by atoms with Crippen LogP contribution in [0.25, 0.3) is 0 Å². The smallest absolute Gasteiger partial charge is 0.261 e. The molecule has 0 aromatic heterocycles.